The Morgan fingerprint density at radius 3 is 2.64 bits per heavy atom. The molecule has 248 valence electrons. The maximum Gasteiger partial charge on any atom is 0.338 e. The van der Waals surface area contributed by atoms with Crippen molar-refractivity contribution >= 4 is 35.1 Å². The van der Waals surface area contributed by atoms with Gasteiger partial charge in [0.25, 0.3) is 0 Å². The molecule has 1 aromatic carbocycles. The van der Waals surface area contributed by atoms with Crippen LogP contribution in [0.1, 0.15) is 61.2 Å². The highest BCUT2D eigenvalue weighted by Crippen LogP contribution is 2.71. The first-order valence-electron chi connectivity index (χ1n) is 16.7. The van der Waals surface area contributed by atoms with Gasteiger partial charge in [0.05, 0.1) is 23.6 Å². The second-order valence-electron chi connectivity index (χ2n) is 13.9. The molecule has 1 aromatic heterocycles. The van der Waals surface area contributed by atoms with Crippen molar-refractivity contribution in [2.45, 2.75) is 63.6 Å². The fourth-order valence-corrected chi connectivity index (χ4v) is 9.39. The molecule has 6 fully saturated rings. The van der Waals surface area contributed by atoms with Crippen molar-refractivity contribution in [3.63, 3.8) is 0 Å². The first-order chi connectivity index (χ1) is 22.7. The van der Waals surface area contributed by atoms with E-state index in [0.29, 0.717) is 71.9 Å². The van der Waals surface area contributed by atoms with Crippen molar-refractivity contribution in [3.05, 3.63) is 63.0 Å². The number of carbonyl (C=O) groups is 3. The minimum atomic E-state index is -0.774. The summed E-state index contributed by atoms with van der Waals surface area (Å²) in [5.41, 5.74) is 1.59. The highest BCUT2D eigenvalue weighted by Gasteiger charge is 2.76. The molecule has 9 rings (SSSR count). The van der Waals surface area contributed by atoms with E-state index in [1.807, 2.05) is 15.2 Å². The number of likely N-dealkylation sites (tertiary alicyclic amines) is 1. The third-order valence-electron chi connectivity index (χ3n) is 11.1. The molecular weight excluding hydrogens is 621 g/mol. The Morgan fingerprint density at radius 2 is 1.91 bits per heavy atom. The smallest absolute Gasteiger partial charge is 0.338 e. The van der Waals surface area contributed by atoms with Gasteiger partial charge in [-0.15, -0.1) is 11.3 Å². The predicted molar refractivity (Wildman–Crippen MR) is 173 cm³/mol. The zero-order chi connectivity index (χ0) is 32.5. The Bertz CT molecular complexity index is 1670. The van der Waals surface area contributed by atoms with E-state index < -0.39 is 12.0 Å². The van der Waals surface area contributed by atoms with Gasteiger partial charge >= 0.3 is 12.0 Å². The van der Waals surface area contributed by atoms with Gasteiger partial charge in [-0.3, -0.25) is 14.7 Å². The fourth-order valence-electron chi connectivity index (χ4n) is 8.80. The zero-order valence-electron chi connectivity index (χ0n) is 26.8. The van der Waals surface area contributed by atoms with Crippen LogP contribution in [0.15, 0.2) is 46.0 Å². The van der Waals surface area contributed by atoms with E-state index in [-0.39, 0.29) is 35.5 Å². The van der Waals surface area contributed by atoms with Crippen molar-refractivity contribution in [3.8, 4) is 0 Å². The zero-order valence-corrected chi connectivity index (χ0v) is 27.7. The number of nitrogens with one attached hydrogen (secondary N) is 1. The van der Waals surface area contributed by atoms with Gasteiger partial charge in [0.15, 0.2) is 10.8 Å². The molecule has 11 nitrogen and oxygen atoms in total. The lowest BCUT2D eigenvalue weighted by molar-refractivity contribution is -0.212. The topological polar surface area (TPSA) is 111 Å². The first-order valence-corrected chi connectivity index (χ1v) is 17.6. The molecule has 0 radical (unpaired) electrons. The Labute approximate surface area is 277 Å². The Morgan fingerprint density at radius 1 is 1.13 bits per heavy atom. The highest BCUT2D eigenvalue weighted by molar-refractivity contribution is 7.11. The van der Waals surface area contributed by atoms with E-state index in [9.17, 15) is 18.8 Å². The molecule has 4 aliphatic heterocycles. The van der Waals surface area contributed by atoms with E-state index in [4.69, 9.17) is 9.73 Å². The number of aromatic nitrogens is 1. The molecule has 3 saturated heterocycles. The molecule has 13 heteroatoms. The SMILES string of the molecule is CCOC(=O)C1=C(CN2CCN3C(=O)N(C45CC(C(=O)N6CCCC6)(C4)C5)CC3C2)NC(c2nccs2)=N[C@H]1c1cccc(F)c1C. The Hall–Kier alpha value is -3.84. The van der Waals surface area contributed by atoms with Crippen LogP contribution < -0.4 is 5.32 Å². The number of amidine groups is 1. The minimum absolute atomic E-state index is 0.0131. The number of fused-ring (bicyclic) bond motifs is 1. The van der Waals surface area contributed by atoms with Crippen LogP contribution in [-0.4, -0.2) is 112 Å². The molecule has 0 spiro atoms. The summed E-state index contributed by atoms with van der Waals surface area (Å²) in [6.45, 7) is 8.29. The first kappa shape index (κ1) is 30.5. The summed E-state index contributed by atoms with van der Waals surface area (Å²) < 4.78 is 20.4. The number of carbonyl (C=O) groups excluding carboxylic acids is 3. The van der Waals surface area contributed by atoms with Crippen LogP contribution in [0, 0.1) is 18.2 Å². The summed E-state index contributed by atoms with van der Waals surface area (Å²) in [6.07, 6.45) is 6.22. The van der Waals surface area contributed by atoms with Gasteiger partial charge in [-0.25, -0.2) is 19.0 Å². The van der Waals surface area contributed by atoms with Crippen LogP contribution in [0.5, 0.6) is 0 Å². The van der Waals surface area contributed by atoms with Crippen molar-refractivity contribution < 1.29 is 23.5 Å². The number of nitrogens with zero attached hydrogens (tertiary/aromatic N) is 6. The van der Waals surface area contributed by atoms with Gasteiger partial charge in [0.2, 0.25) is 5.91 Å². The van der Waals surface area contributed by atoms with E-state index >= 15 is 0 Å². The number of amides is 3. The predicted octanol–water partition coefficient (Wildman–Crippen LogP) is 3.47. The molecule has 5 heterocycles. The summed E-state index contributed by atoms with van der Waals surface area (Å²) in [6, 6.07) is 4.17. The lowest BCUT2D eigenvalue weighted by Crippen LogP contribution is -2.78. The van der Waals surface area contributed by atoms with Crippen LogP contribution in [0.3, 0.4) is 0 Å². The number of urea groups is 1. The number of thiazole rings is 1. The van der Waals surface area contributed by atoms with E-state index in [1.165, 1.54) is 17.4 Å². The molecule has 2 bridgehead atoms. The fraction of sp³-hybridized carbons (Fsp3) is 0.559. The summed E-state index contributed by atoms with van der Waals surface area (Å²) in [4.78, 5) is 58.2. The third-order valence-corrected chi connectivity index (χ3v) is 11.9. The minimum Gasteiger partial charge on any atom is -0.463 e. The lowest BCUT2D eigenvalue weighted by Gasteiger charge is -2.72. The normalized spacial score (nSPS) is 30.1. The quantitative estimate of drug-likeness (QED) is 0.432. The number of ether oxygens (including phenoxy) is 1. The number of aliphatic imine (C=N–C) groups is 1. The van der Waals surface area contributed by atoms with Crippen LogP contribution in [0.4, 0.5) is 9.18 Å². The Balaban J connectivity index is 1.03. The van der Waals surface area contributed by atoms with Crippen molar-refractivity contribution in [2.75, 3.05) is 52.4 Å². The number of esters is 1. The maximum absolute atomic E-state index is 14.8. The molecule has 2 atom stereocenters. The van der Waals surface area contributed by atoms with Crippen molar-refractivity contribution in [1.82, 2.24) is 29.9 Å². The Kier molecular flexibility index (Phi) is 7.39. The molecule has 3 amide bonds. The van der Waals surface area contributed by atoms with Gasteiger partial charge in [-0.05, 0) is 63.1 Å². The third kappa shape index (κ3) is 4.87. The van der Waals surface area contributed by atoms with Gasteiger partial charge in [-0.2, -0.15) is 0 Å². The van der Waals surface area contributed by atoms with E-state index in [0.717, 1.165) is 45.2 Å². The molecule has 1 unspecified atom stereocenters. The van der Waals surface area contributed by atoms with Crippen LogP contribution >= 0.6 is 11.3 Å². The molecule has 3 aliphatic carbocycles. The molecule has 1 N–H and O–H groups in total. The average Bonchev–Trinajstić information content (AvgIpc) is 3.80. The summed E-state index contributed by atoms with van der Waals surface area (Å²) >= 11 is 1.43. The average molecular weight is 662 g/mol. The number of rotatable bonds is 8. The number of benzene rings is 1. The molecule has 7 aliphatic rings. The number of hydrogen-bond donors (Lipinski definition) is 1. The number of piperazine rings is 1. The second-order valence-corrected chi connectivity index (χ2v) is 14.8. The highest BCUT2D eigenvalue weighted by atomic mass is 32.1. The monoisotopic (exact) mass is 661 g/mol. The molecule has 2 aromatic rings. The summed E-state index contributed by atoms with van der Waals surface area (Å²) in [7, 11) is 0. The summed E-state index contributed by atoms with van der Waals surface area (Å²) in [5.74, 6) is -0.0324. The van der Waals surface area contributed by atoms with Crippen molar-refractivity contribution in [2.24, 2.45) is 10.4 Å². The van der Waals surface area contributed by atoms with E-state index in [1.54, 1.807) is 32.2 Å². The lowest BCUT2D eigenvalue weighted by atomic mass is 9.38. The van der Waals surface area contributed by atoms with Gasteiger partial charge in [0.1, 0.15) is 11.9 Å². The standard InChI is InChI=1S/C34H40FN7O4S/c1-3-46-30(43)26-25(37-28(29-36-9-14-47-29)38-27(26)23-7-6-8-24(35)21(23)2)17-39-12-13-41-22(15-39)16-42(32(41)45)34-18-33(19-34,20-34)31(44)40-10-4-5-11-40/h6-9,14,22,27H,3-5,10-13,15-20H2,1-2H3,(H,37,38)/t22?,27-,33?,34?/m0/s1. The van der Waals surface area contributed by atoms with E-state index in [2.05, 4.69) is 20.1 Å². The van der Waals surface area contributed by atoms with Gasteiger partial charge < -0.3 is 24.8 Å². The van der Waals surface area contributed by atoms with Crippen LogP contribution in [-0.2, 0) is 14.3 Å². The summed E-state index contributed by atoms with van der Waals surface area (Å²) in [5, 5.41) is 5.94. The van der Waals surface area contributed by atoms with Gasteiger partial charge in [-0.1, -0.05) is 12.1 Å². The van der Waals surface area contributed by atoms with Crippen molar-refractivity contribution in [1.29, 1.82) is 0 Å². The van der Waals surface area contributed by atoms with Gasteiger partial charge in [0, 0.05) is 68.6 Å². The maximum atomic E-state index is 14.8. The molecular formula is C34H40FN7O4S. The second kappa shape index (κ2) is 11.4. The van der Waals surface area contributed by atoms with Crippen LogP contribution in [0.25, 0.3) is 0 Å². The molecule has 47 heavy (non-hydrogen) atoms. The largest absolute Gasteiger partial charge is 0.463 e. The molecule has 3 saturated carbocycles. The van der Waals surface area contributed by atoms with Crippen LogP contribution in [0.2, 0.25) is 0 Å². The number of halogens is 1. The number of hydrogen-bond acceptors (Lipinski definition) is 9.